The van der Waals surface area contributed by atoms with Gasteiger partial charge in [-0.15, -0.1) is 0 Å². The number of para-hydroxylation sites is 1. The molecule has 2 fully saturated rings. The SMILES string of the molecule is COc1cccc(N2CCCC(NC(=O)c3ccccc3OC3CCC3)C2)c1. The quantitative estimate of drug-likeness (QED) is 0.822. The van der Waals surface area contributed by atoms with E-state index in [-0.39, 0.29) is 18.1 Å². The molecule has 2 aromatic rings. The van der Waals surface area contributed by atoms with E-state index in [1.807, 2.05) is 42.5 Å². The predicted molar refractivity (Wildman–Crippen MR) is 110 cm³/mol. The number of piperidine rings is 1. The largest absolute Gasteiger partial charge is 0.497 e. The van der Waals surface area contributed by atoms with Crippen LogP contribution < -0.4 is 19.7 Å². The van der Waals surface area contributed by atoms with Crippen LogP contribution in [0.15, 0.2) is 48.5 Å². The molecule has 1 saturated heterocycles. The summed E-state index contributed by atoms with van der Waals surface area (Å²) in [5.41, 5.74) is 1.76. The van der Waals surface area contributed by atoms with Crippen LogP contribution in [0.2, 0.25) is 0 Å². The van der Waals surface area contributed by atoms with Crippen LogP contribution in [0.25, 0.3) is 0 Å². The number of hydrogen-bond donors (Lipinski definition) is 1. The zero-order valence-electron chi connectivity index (χ0n) is 16.4. The van der Waals surface area contributed by atoms with E-state index in [1.165, 1.54) is 6.42 Å². The maximum Gasteiger partial charge on any atom is 0.255 e. The van der Waals surface area contributed by atoms with Crippen molar-refractivity contribution in [2.75, 3.05) is 25.1 Å². The molecule has 2 aliphatic rings. The third-order valence-corrected chi connectivity index (χ3v) is 5.65. The van der Waals surface area contributed by atoms with Crippen molar-refractivity contribution in [2.24, 2.45) is 0 Å². The van der Waals surface area contributed by atoms with Gasteiger partial charge < -0.3 is 19.7 Å². The first kappa shape index (κ1) is 18.7. The number of nitrogens with zero attached hydrogens (tertiary/aromatic N) is 1. The average Bonchev–Trinajstić information content (AvgIpc) is 2.71. The number of rotatable bonds is 6. The molecule has 1 atom stereocenters. The molecule has 5 nitrogen and oxygen atoms in total. The molecular weight excluding hydrogens is 352 g/mol. The summed E-state index contributed by atoms with van der Waals surface area (Å²) in [6, 6.07) is 15.8. The second kappa shape index (κ2) is 8.55. The monoisotopic (exact) mass is 380 g/mol. The van der Waals surface area contributed by atoms with Crippen molar-refractivity contribution in [2.45, 2.75) is 44.2 Å². The minimum atomic E-state index is -0.0487. The third-order valence-electron chi connectivity index (χ3n) is 5.65. The van der Waals surface area contributed by atoms with Gasteiger partial charge in [-0.3, -0.25) is 4.79 Å². The summed E-state index contributed by atoms with van der Waals surface area (Å²) in [4.78, 5) is 15.2. The van der Waals surface area contributed by atoms with Gasteiger partial charge in [0.05, 0.1) is 18.8 Å². The molecule has 2 aromatic carbocycles. The molecule has 1 unspecified atom stereocenters. The molecule has 1 saturated carbocycles. The first-order valence-corrected chi connectivity index (χ1v) is 10.2. The fraction of sp³-hybridized carbons (Fsp3) is 0.435. The highest BCUT2D eigenvalue weighted by Gasteiger charge is 2.25. The Balaban J connectivity index is 1.41. The Bertz CT molecular complexity index is 819. The summed E-state index contributed by atoms with van der Waals surface area (Å²) in [7, 11) is 1.68. The number of hydrogen-bond acceptors (Lipinski definition) is 4. The predicted octanol–water partition coefficient (Wildman–Crippen LogP) is 4.03. The number of nitrogens with one attached hydrogen (secondary N) is 1. The van der Waals surface area contributed by atoms with E-state index in [0.717, 1.165) is 50.2 Å². The van der Waals surface area contributed by atoms with Crippen LogP contribution in [0.1, 0.15) is 42.5 Å². The van der Waals surface area contributed by atoms with Gasteiger partial charge in [0.2, 0.25) is 0 Å². The Labute approximate surface area is 166 Å². The van der Waals surface area contributed by atoms with Gasteiger partial charge in [0.25, 0.3) is 5.91 Å². The Kier molecular flexibility index (Phi) is 5.70. The smallest absolute Gasteiger partial charge is 0.255 e. The van der Waals surface area contributed by atoms with Crippen molar-refractivity contribution in [3.63, 3.8) is 0 Å². The Morgan fingerprint density at radius 2 is 1.93 bits per heavy atom. The van der Waals surface area contributed by atoms with Crippen LogP contribution in [-0.4, -0.2) is 38.3 Å². The lowest BCUT2D eigenvalue weighted by molar-refractivity contribution is 0.0909. The molecule has 0 bridgehead atoms. The van der Waals surface area contributed by atoms with Gasteiger partial charge >= 0.3 is 0 Å². The molecule has 148 valence electrons. The standard InChI is InChI=1S/C23H28N2O3/c1-27-20-11-4-8-18(15-20)25-14-6-7-17(16-25)24-23(26)21-12-2-3-13-22(21)28-19-9-5-10-19/h2-4,8,11-13,15,17,19H,5-7,9-10,14,16H2,1H3,(H,24,26). The third kappa shape index (κ3) is 4.24. The van der Waals surface area contributed by atoms with Gasteiger partial charge in [0.1, 0.15) is 11.5 Å². The Hall–Kier alpha value is -2.69. The van der Waals surface area contributed by atoms with E-state index >= 15 is 0 Å². The number of carbonyl (C=O) groups excluding carboxylic acids is 1. The number of amides is 1. The van der Waals surface area contributed by atoms with Gasteiger partial charge in [-0.25, -0.2) is 0 Å². The normalized spacial score (nSPS) is 19.6. The van der Waals surface area contributed by atoms with Crippen molar-refractivity contribution < 1.29 is 14.3 Å². The van der Waals surface area contributed by atoms with Gasteiger partial charge in [0.15, 0.2) is 0 Å². The first-order chi connectivity index (χ1) is 13.7. The number of methoxy groups -OCH3 is 1. The molecule has 1 aliphatic heterocycles. The lowest BCUT2D eigenvalue weighted by Gasteiger charge is -2.35. The van der Waals surface area contributed by atoms with E-state index in [9.17, 15) is 4.79 Å². The zero-order valence-corrected chi connectivity index (χ0v) is 16.4. The minimum Gasteiger partial charge on any atom is -0.497 e. The van der Waals surface area contributed by atoms with Crippen LogP contribution in [0.3, 0.4) is 0 Å². The molecule has 1 aliphatic carbocycles. The summed E-state index contributed by atoms with van der Waals surface area (Å²) in [6.07, 6.45) is 5.65. The van der Waals surface area contributed by atoms with Gasteiger partial charge in [-0.05, 0) is 56.4 Å². The van der Waals surface area contributed by atoms with E-state index in [4.69, 9.17) is 9.47 Å². The maximum absolute atomic E-state index is 12.9. The van der Waals surface area contributed by atoms with Gasteiger partial charge in [0, 0.05) is 30.9 Å². The fourth-order valence-corrected chi connectivity index (χ4v) is 3.82. The highest BCUT2D eigenvalue weighted by atomic mass is 16.5. The molecule has 4 rings (SSSR count). The average molecular weight is 380 g/mol. The second-order valence-corrected chi connectivity index (χ2v) is 7.63. The Morgan fingerprint density at radius 3 is 2.71 bits per heavy atom. The molecule has 0 aromatic heterocycles. The lowest BCUT2D eigenvalue weighted by Crippen LogP contribution is -2.48. The second-order valence-electron chi connectivity index (χ2n) is 7.63. The molecule has 1 heterocycles. The van der Waals surface area contributed by atoms with Gasteiger partial charge in [-0.1, -0.05) is 18.2 Å². The topological polar surface area (TPSA) is 50.8 Å². The molecule has 0 radical (unpaired) electrons. The summed E-state index contributed by atoms with van der Waals surface area (Å²) in [5, 5.41) is 3.22. The summed E-state index contributed by atoms with van der Waals surface area (Å²) in [6.45, 7) is 1.78. The number of anilines is 1. The van der Waals surface area contributed by atoms with Crippen LogP contribution in [0.4, 0.5) is 5.69 Å². The fourth-order valence-electron chi connectivity index (χ4n) is 3.82. The first-order valence-electron chi connectivity index (χ1n) is 10.2. The zero-order chi connectivity index (χ0) is 19.3. The molecule has 28 heavy (non-hydrogen) atoms. The van der Waals surface area contributed by atoms with Crippen molar-refractivity contribution in [3.05, 3.63) is 54.1 Å². The molecule has 5 heteroatoms. The van der Waals surface area contributed by atoms with Crippen LogP contribution >= 0.6 is 0 Å². The molecule has 0 spiro atoms. The van der Waals surface area contributed by atoms with Crippen molar-refractivity contribution >= 4 is 11.6 Å². The number of ether oxygens (including phenoxy) is 2. The highest BCUT2D eigenvalue weighted by molar-refractivity contribution is 5.97. The molecular formula is C23H28N2O3. The van der Waals surface area contributed by atoms with Gasteiger partial charge in [-0.2, -0.15) is 0 Å². The van der Waals surface area contributed by atoms with Crippen molar-refractivity contribution in [3.8, 4) is 11.5 Å². The van der Waals surface area contributed by atoms with E-state index in [0.29, 0.717) is 11.3 Å². The molecule has 1 amide bonds. The molecule has 1 N–H and O–H groups in total. The van der Waals surface area contributed by atoms with E-state index < -0.39 is 0 Å². The lowest BCUT2D eigenvalue weighted by atomic mass is 9.96. The number of benzene rings is 2. The van der Waals surface area contributed by atoms with Crippen molar-refractivity contribution in [1.82, 2.24) is 5.32 Å². The van der Waals surface area contributed by atoms with Crippen molar-refractivity contribution in [1.29, 1.82) is 0 Å². The summed E-state index contributed by atoms with van der Waals surface area (Å²) in [5.74, 6) is 1.50. The van der Waals surface area contributed by atoms with Crippen LogP contribution in [0, 0.1) is 0 Å². The van der Waals surface area contributed by atoms with E-state index in [2.05, 4.69) is 16.3 Å². The van der Waals surface area contributed by atoms with Crippen LogP contribution in [0.5, 0.6) is 11.5 Å². The number of carbonyl (C=O) groups is 1. The highest BCUT2D eigenvalue weighted by Crippen LogP contribution is 2.28. The van der Waals surface area contributed by atoms with Crippen LogP contribution in [-0.2, 0) is 0 Å². The maximum atomic E-state index is 12.9. The minimum absolute atomic E-state index is 0.0487. The summed E-state index contributed by atoms with van der Waals surface area (Å²) < 4.78 is 11.4. The summed E-state index contributed by atoms with van der Waals surface area (Å²) >= 11 is 0. The van der Waals surface area contributed by atoms with E-state index in [1.54, 1.807) is 7.11 Å². The Morgan fingerprint density at radius 1 is 1.07 bits per heavy atom.